The molecule has 2 aromatic rings. The maximum Gasteiger partial charge on any atom is 0.335 e. The molecular weight excluding hydrogens is 308 g/mol. The number of fused-ring (bicyclic) bond motifs is 1. The first kappa shape index (κ1) is 16.2. The minimum Gasteiger partial charge on any atom is -0.478 e. The summed E-state index contributed by atoms with van der Waals surface area (Å²) in [5.74, 6) is -1.00. The number of rotatable bonds is 3. The van der Waals surface area contributed by atoms with Gasteiger partial charge in [-0.3, -0.25) is 4.79 Å². The molecular formula is C18H18N2O4. The average Bonchev–Trinajstić information content (AvgIpc) is 2.60. The summed E-state index contributed by atoms with van der Waals surface area (Å²) in [6, 6.07) is 12.0. The molecule has 3 N–H and O–H groups in total. The van der Waals surface area contributed by atoms with Crippen LogP contribution in [-0.2, 0) is 4.79 Å². The van der Waals surface area contributed by atoms with Crippen LogP contribution in [0.2, 0.25) is 0 Å². The molecule has 0 aliphatic carbocycles. The number of hydrogen-bond acceptors (Lipinski definition) is 4. The highest BCUT2D eigenvalue weighted by Crippen LogP contribution is 2.36. The van der Waals surface area contributed by atoms with E-state index in [4.69, 9.17) is 5.11 Å². The molecule has 6 nitrogen and oxygen atoms in total. The van der Waals surface area contributed by atoms with Crippen molar-refractivity contribution in [3.8, 4) is 11.1 Å². The lowest BCUT2D eigenvalue weighted by molar-refractivity contribution is -0.116. The lowest BCUT2D eigenvalue weighted by Gasteiger charge is -2.33. The van der Waals surface area contributed by atoms with Gasteiger partial charge in [0.05, 0.1) is 11.6 Å². The Kier molecular flexibility index (Phi) is 4.33. The van der Waals surface area contributed by atoms with Crippen LogP contribution in [0.3, 0.4) is 0 Å². The molecule has 24 heavy (non-hydrogen) atoms. The molecule has 3 rings (SSSR count). The Bertz CT molecular complexity index is 786. The van der Waals surface area contributed by atoms with Crippen LogP contribution in [0.4, 0.5) is 5.69 Å². The van der Waals surface area contributed by atoms with E-state index in [9.17, 15) is 14.8 Å². The second-order valence-electron chi connectivity index (χ2n) is 5.80. The molecule has 1 heterocycles. The van der Waals surface area contributed by atoms with E-state index in [0.29, 0.717) is 13.0 Å². The topological polar surface area (TPSA) is 89.9 Å². The number of aromatic carboxylic acids is 1. The van der Waals surface area contributed by atoms with Crippen molar-refractivity contribution in [2.24, 2.45) is 0 Å². The third kappa shape index (κ3) is 2.89. The minimum atomic E-state index is -0.964. The number of carboxylic acids is 1. The molecule has 0 unspecified atom stereocenters. The highest BCUT2D eigenvalue weighted by Gasteiger charge is 2.27. The van der Waals surface area contributed by atoms with Gasteiger partial charge in [0.1, 0.15) is 0 Å². The van der Waals surface area contributed by atoms with Gasteiger partial charge >= 0.3 is 5.97 Å². The van der Waals surface area contributed by atoms with Crippen molar-refractivity contribution in [2.45, 2.75) is 19.4 Å². The van der Waals surface area contributed by atoms with Crippen LogP contribution in [0.1, 0.15) is 35.3 Å². The average molecular weight is 326 g/mol. The highest BCUT2D eigenvalue weighted by atomic mass is 16.5. The van der Waals surface area contributed by atoms with Crippen LogP contribution in [0.5, 0.6) is 0 Å². The summed E-state index contributed by atoms with van der Waals surface area (Å²) in [5, 5.41) is 18.4. The number of carboxylic acid groups (broad SMARTS) is 1. The van der Waals surface area contributed by atoms with E-state index < -0.39 is 5.97 Å². The summed E-state index contributed by atoms with van der Waals surface area (Å²) in [6.07, 6.45) is 0.616. The lowest BCUT2D eigenvalue weighted by Crippen LogP contribution is -2.37. The van der Waals surface area contributed by atoms with Crippen molar-refractivity contribution in [1.82, 2.24) is 5.48 Å². The Hall–Kier alpha value is -2.70. The second-order valence-corrected chi connectivity index (χ2v) is 5.80. The molecule has 0 bridgehead atoms. The zero-order chi connectivity index (χ0) is 17.3. The number of carbonyl (C=O) groups is 2. The Morgan fingerprint density at radius 2 is 1.79 bits per heavy atom. The number of nitrogens with one attached hydrogen (secondary N) is 1. The maximum absolute atomic E-state index is 11.8. The number of amides is 1. The van der Waals surface area contributed by atoms with Crippen LogP contribution >= 0.6 is 0 Å². The maximum atomic E-state index is 11.8. The molecule has 6 heteroatoms. The van der Waals surface area contributed by atoms with Crippen LogP contribution in [0.25, 0.3) is 11.1 Å². The Morgan fingerprint density at radius 3 is 2.38 bits per heavy atom. The molecule has 0 fully saturated rings. The number of carbonyl (C=O) groups excluding carboxylic acids is 1. The number of hydroxylamine groups is 1. The van der Waals surface area contributed by atoms with E-state index in [1.165, 1.54) is 6.92 Å². The monoisotopic (exact) mass is 326 g/mol. The third-order valence-corrected chi connectivity index (χ3v) is 4.34. The van der Waals surface area contributed by atoms with Gasteiger partial charge in [-0.2, -0.15) is 5.48 Å². The van der Waals surface area contributed by atoms with Crippen LogP contribution in [-0.4, -0.2) is 28.7 Å². The zero-order valence-electron chi connectivity index (χ0n) is 13.2. The van der Waals surface area contributed by atoms with Gasteiger partial charge in [0.15, 0.2) is 0 Å². The van der Waals surface area contributed by atoms with Crippen molar-refractivity contribution >= 4 is 17.6 Å². The molecule has 0 aromatic heterocycles. The van der Waals surface area contributed by atoms with Crippen LogP contribution in [0, 0.1) is 0 Å². The van der Waals surface area contributed by atoms with Gasteiger partial charge in [-0.25, -0.2) is 4.79 Å². The van der Waals surface area contributed by atoms with Crippen LogP contribution in [0.15, 0.2) is 42.5 Å². The zero-order valence-corrected chi connectivity index (χ0v) is 13.2. The SMILES string of the molecule is CC(=O)N1CC[C@@H](NO)c2cc(-c3ccc(C(=O)O)cc3)ccc21. The Morgan fingerprint density at radius 1 is 1.12 bits per heavy atom. The fraction of sp³-hybridized carbons (Fsp3) is 0.222. The van der Waals surface area contributed by atoms with Crippen LogP contribution < -0.4 is 10.4 Å². The van der Waals surface area contributed by atoms with Crippen molar-refractivity contribution in [3.05, 3.63) is 53.6 Å². The predicted octanol–water partition coefficient (Wildman–Crippen LogP) is 2.83. The van der Waals surface area contributed by atoms with E-state index >= 15 is 0 Å². The molecule has 0 saturated heterocycles. The van der Waals surface area contributed by atoms with E-state index in [0.717, 1.165) is 22.4 Å². The molecule has 1 aliphatic rings. The normalized spacial score (nSPS) is 16.6. The van der Waals surface area contributed by atoms with Gasteiger partial charge in [0.25, 0.3) is 0 Å². The third-order valence-electron chi connectivity index (χ3n) is 4.34. The number of nitrogens with zero attached hydrogens (tertiary/aromatic N) is 1. The fourth-order valence-corrected chi connectivity index (χ4v) is 3.06. The fourth-order valence-electron chi connectivity index (χ4n) is 3.06. The molecule has 2 aromatic carbocycles. The van der Waals surface area contributed by atoms with Gasteiger partial charge < -0.3 is 15.2 Å². The van der Waals surface area contributed by atoms with Crippen molar-refractivity contribution in [2.75, 3.05) is 11.4 Å². The molecule has 1 amide bonds. The van der Waals surface area contributed by atoms with E-state index in [-0.39, 0.29) is 17.5 Å². The van der Waals surface area contributed by atoms with Gasteiger partial charge in [-0.1, -0.05) is 18.2 Å². The van der Waals surface area contributed by atoms with Gasteiger partial charge in [-0.15, -0.1) is 0 Å². The number of hydrogen-bond donors (Lipinski definition) is 3. The summed E-state index contributed by atoms with van der Waals surface area (Å²) in [5.41, 5.74) is 5.94. The van der Waals surface area contributed by atoms with Gasteiger partial charge in [0.2, 0.25) is 5.91 Å². The summed E-state index contributed by atoms with van der Waals surface area (Å²) in [4.78, 5) is 24.4. The van der Waals surface area contributed by atoms with E-state index in [2.05, 4.69) is 5.48 Å². The quantitative estimate of drug-likeness (QED) is 0.755. The first-order chi connectivity index (χ1) is 11.5. The summed E-state index contributed by atoms with van der Waals surface area (Å²) in [7, 11) is 0. The summed E-state index contributed by atoms with van der Waals surface area (Å²) >= 11 is 0. The second kappa shape index (κ2) is 6.43. The van der Waals surface area contributed by atoms with E-state index in [1.54, 1.807) is 29.2 Å². The largest absolute Gasteiger partial charge is 0.478 e. The Labute approximate surface area is 139 Å². The van der Waals surface area contributed by atoms with E-state index in [1.807, 2.05) is 18.2 Å². The lowest BCUT2D eigenvalue weighted by atomic mass is 9.92. The predicted molar refractivity (Wildman–Crippen MR) is 89.1 cm³/mol. The molecule has 0 spiro atoms. The molecule has 0 saturated carbocycles. The Balaban J connectivity index is 2.02. The first-order valence-corrected chi connectivity index (χ1v) is 7.66. The van der Waals surface area contributed by atoms with Gasteiger partial charge in [0, 0.05) is 19.2 Å². The molecule has 1 atom stereocenters. The van der Waals surface area contributed by atoms with Crippen molar-refractivity contribution < 1.29 is 19.9 Å². The van der Waals surface area contributed by atoms with Gasteiger partial charge in [-0.05, 0) is 47.4 Å². The standard InChI is InChI=1S/C18H18N2O4/c1-11(21)20-9-8-16(19-24)15-10-14(6-7-17(15)20)12-2-4-13(5-3-12)18(22)23/h2-7,10,16,19,24H,8-9H2,1H3,(H,22,23)/t16-/m1/s1. The summed E-state index contributed by atoms with van der Waals surface area (Å²) < 4.78 is 0. The molecule has 124 valence electrons. The number of benzene rings is 2. The molecule has 1 aliphatic heterocycles. The molecule has 0 radical (unpaired) electrons. The first-order valence-electron chi connectivity index (χ1n) is 7.66. The minimum absolute atomic E-state index is 0.0359. The highest BCUT2D eigenvalue weighted by molar-refractivity contribution is 5.93. The number of anilines is 1. The smallest absolute Gasteiger partial charge is 0.335 e. The summed E-state index contributed by atoms with van der Waals surface area (Å²) in [6.45, 7) is 2.07. The van der Waals surface area contributed by atoms with Crippen molar-refractivity contribution in [3.63, 3.8) is 0 Å². The van der Waals surface area contributed by atoms with Crippen molar-refractivity contribution in [1.29, 1.82) is 0 Å².